The van der Waals surface area contributed by atoms with Crippen LogP contribution in [0.15, 0.2) is 36.5 Å². The summed E-state index contributed by atoms with van der Waals surface area (Å²) < 4.78 is 5.75. The Morgan fingerprint density at radius 3 is 2.76 bits per heavy atom. The van der Waals surface area contributed by atoms with Crippen LogP contribution in [0.2, 0.25) is 10.2 Å². The van der Waals surface area contributed by atoms with E-state index in [2.05, 4.69) is 34.6 Å². The number of morpholine rings is 1. The van der Waals surface area contributed by atoms with Crippen LogP contribution in [0.3, 0.4) is 0 Å². The molecule has 110 valence electrons. The molecule has 3 nitrogen and oxygen atoms in total. The van der Waals surface area contributed by atoms with Gasteiger partial charge in [0.2, 0.25) is 0 Å². The van der Waals surface area contributed by atoms with E-state index in [1.54, 1.807) is 6.20 Å². The van der Waals surface area contributed by atoms with Gasteiger partial charge >= 0.3 is 0 Å². The summed E-state index contributed by atoms with van der Waals surface area (Å²) in [6.45, 7) is 2.55. The third-order valence-electron chi connectivity index (χ3n) is 3.58. The molecule has 0 bridgehead atoms. The van der Waals surface area contributed by atoms with Crippen molar-refractivity contribution >= 4 is 23.2 Å². The molecule has 3 rings (SSSR count). The van der Waals surface area contributed by atoms with E-state index in [-0.39, 0.29) is 6.10 Å². The first-order valence-corrected chi connectivity index (χ1v) is 7.69. The highest BCUT2D eigenvalue weighted by molar-refractivity contribution is 6.32. The molecule has 1 aromatic heterocycles. The first-order valence-electron chi connectivity index (χ1n) is 6.93. The molecule has 2 aromatic rings. The van der Waals surface area contributed by atoms with E-state index < -0.39 is 0 Å². The molecule has 0 amide bonds. The van der Waals surface area contributed by atoms with Crippen LogP contribution < -0.4 is 5.32 Å². The maximum atomic E-state index is 6.15. The monoisotopic (exact) mass is 322 g/mol. The van der Waals surface area contributed by atoms with Crippen molar-refractivity contribution in [1.29, 1.82) is 0 Å². The molecule has 1 saturated heterocycles. The van der Waals surface area contributed by atoms with Gasteiger partial charge in [-0.05, 0) is 29.2 Å². The summed E-state index contributed by atoms with van der Waals surface area (Å²) in [5.74, 6) is 0. The number of nitrogens with one attached hydrogen (secondary N) is 1. The minimum Gasteiger partial charge on any atom is -0.371 e. The summed E-state index contributed by atoms with van der Waals surface area (Å²) in [5.41, 5.74) is 3.37. The topological polar surface area (TPSA) is 34.1 Å². The molecule has 0 spiro atoms. The summed E-state index contributed by atoms with van der Waals surface area (Å²) >= 11 is 12.1. The molecular weight excluding hydrogens is 307 g/mol. The highest BCUT2D eigenvalue weighted by atomic mass is 35.5. The molecule has 1 aliphatic heterocycles. The summed E-state index contributed by atoms with van der Waals surface area (Å²) in [5, 5.41) is 4.44. The lowest BCUT2D eigenvalue weighted by Crippen LogP contribution is -2.33. The fourth-order valence-corrected chi connectivity index (χ4v) is 2.79. The third kappa shape index (κ3) is 3.74. The lowest BCUT2D eigenvalue weighted by Gasteiger charge is -2.24. The maximum Gasteiger partial charge on any atom is 0.129 e. The standard InChI is InChI=1S/C16H16Cl2N2O/c17-14-9-20-16(18)8-13(14)7-11-1-3-12(4-2-11)15-10-19-5-6-21-15/h1-4,8-9,15,19H,5-7,10H2/t15-/m1/s1. The van der Waals surface area contributed by atoms with Gasteiger partial charge in [-0.25, -0.2) is 4.98 Å². The Kier molecular flexibility index (Phi) is 4.76. The Morgan fingerprint density at radius 2 is 2.05 bits per heavy atom. The van der Waals surface area contributed by atoms with Crippen LogP contribution in [0.25, 0.3) is 0 Å². The molecule has 0 aliphatic carbocycles. The summed E-state index contributed by atoms with van der Waals surface area (Å²) in [6, 6.07) is 10.3. The minimum absolute atomic E-state index is 0.145. The smallest absolute Gasteiger partial charge is 0.129 e. The van der Waals surface area contributed by atoms with E-state index >= 15 is 0 Å². The van der Waals surface area contributed by atoms with Crippen molar-refractivity contribution in [2.75, 3.05) is 19.7 Å². The van der Waals surface area contributed by atoms with Crippen LogP contribution in [0.5, 0.6) is 0 Å². The van der Waals surface area contributed by atoms with Gasteiger partial charge in [0.05, 0.1) is 17.7 Å². The number of hydrogen-bond acceptors (Lipinski definition) is 3. The fraction of sp³-hybridized carbons (Fsp3) is 0.312. The van der Waals surface area contributed by atoms with E-state index in [0.717, 1.165) is 31.7 Å². The largest absolute Gasteiger partial charge is 0.371 e. The zero-order chi connectivity index (χ0) is 14.7. The molecule has 1 aromatic carbocycles. The van der Waals surface area contributed by atoms with E-state index in [1.165, 1.54) is 11.1 Å². The molecule has 1 N–H and O–H groups in total. The third-order valence-corrected chi connectivity index (χ3v) is 4.12. The zero-order valence-corrected chi connectivity index (χ0v) is 13.0. The van der Waals surface area contributed by atoms with E-state index in [0.29, 0.717) is 10.2 Å². The zero-order valence-electron chi connectivity index (χ0n) is 11.5. The van der Waals surface area contributed by atoms with Crippen molar-refractivity contribution in [3.63, 3.8) is 0 Å². The van der Waals surface area contributed by atoms with E-state index in [4.69, 9.17) is 27.9 Å². The number of aromatic nitrogens is 1. The molecule has 1 aliphatic rings. The highest BCUT2D eigenvalue weighted by Gasteiger charge is 2.15. The average molecular weight is 323 g/mol. The predicted molar refractivity (Wildman–Crippen MR) is 85.1 cm³/mol. The number of nitrogens with zero attached hydrogens (tertiary/aromatic N) is 1. The molecule has 1 fully saturated rings. The van der Waals surface area contributed by atoms with Gasteiger partial charge in [-0.2, -0.15) is 0 Å². The lowest BCUT2D eigenvalue weighted by atomic mass is 10.0. The van der Waals surface area contributed by atoms with Gasteiger partial charge in [0.25, 0.3) is 0 Å². The van der Waals surface area contributed by atoms with Gasteiger partial charge < -0.3 is 10.1 Å². The second kappa shape index (κ2) is 6.75. The van der Waals surface area contributed by atoms with E-state index in [9.17, 15) is 0 Å². The number of benzene rings is 1. The fourth-order valence-electron chi connectivity index (χ4n) is 2.44. The van der Waals surface area contributed by atoms with Gasteiger partial charge in [-0.3, -0.25) is 0 Å². The maximum absolute atomic E-state index is 6.15. The number of hydrogen-bond donors (Lipinski definition) is 1. The Hall–Kier alpha value is -1.13. The van der Waals surface area contributed by atoms with Crippen molar-refractivity contribution in [1.82, 2.24) is 10.3 Å². The molecule has 0 saturated carbocycles. The van der Waals surface area contributed by atoms with Crippen molar-refractivity contribution in [2.45, 2.75) is 12.5 Å². The van der Waals surface area contributed by atoms with Crippen LogP contribution in [-0.4, -0.2) is 24.7 Å². The molecule has 21 heavy (non-hydrogen) atoms. The minimum atomic E-state index is 0.145. The van der Waals surface area contributed by atoms with Gasteiger partial charge in [0.1, 0.15) is 5.15 Å². The van der Waals surface area contributed by atoms with E-state index in [1.807, 2.05) is 6.07 Å². The predicted octanol–water partition coefficient (Wildman–Crippen LogP) is 3.64. The lowest BCUT2D eigenvalue weighted by molar-refractivity contribution is 0.0277. The number of halogens is 2. The second-order valence-corrected chi connectivity index (χ2v) is 5.87. The van der Waals surface area contributed by atoms with Gasteiger partial charge in [0.15, 0.2) is 0 Å². The Morgan fingerprint density at radius 1 is 1.24 bits per heavy atom. The molecular formula is C16H16Cl2N2O. The van der Waals surface area contributed by atoms with Crippen LogP contribution in [-0.2, 0) is 11.2 Å². The summed E-state index contributed by atoms with van der Waals surface area (Å²) in [6.07, 6.45) is 2.48. The number of ether oxygens (including phenoxy) is 1. The quantitative estimate of drug-likeness (QED) is 0.876. The molecule has 2 heterocycles. The van der Waals surface area contributed by atoms with Crippen molar-refractivity contribution in [2.24, 2.45) is 0 Å². The second-order valence-electron chi connectivity index (χ2n) is 5.08. The van der Waals surface area contributed by atoms with Crippen molar-refractivity contribution < 1.29 is 4.74 Å². The van der Waals surface area contributed by atoms with Gasteiger partial charge in [-0.1, -0.05) is 47.5 Å². The summed E-state index contributed by atoms with van der Waals surface area (Å²) in [7, 11) is 0. The number of rotatable bonds is 3. The van der Waals surface area contributed by atoms with Crippen LogP contribution in [0, 0.1) is 0 Å². The van der Waals surface area contributed by atoms with Crippen molar-refractivity contribution in [3.05, 3.63) is 63.4 Å². The van der Waals surface area contributed by atoms with Crippen molar-refractivity contribution in [3.8, 4) is 0 Å². The number of pyridine rings is 1. The van der Waals surface area contributed by atoms with Gasteiger partial charge in [-0.15, -0.1) is 0 Å². The Labute approximate surface area is 134 Å². The highest BCUT2D eigenvalue weighted by Crippen LogP contribution is 2.23. The molecule has 1 atom stereocenters. The first kappa shape index (κ1) is 14.8. The average Bonchev–Trinajstić information content (AvgIpc) is 2.53. The SMILES string of the molecule is Clc1cc(Cc2ccc([C@H]3CNCCO3)cc2)c(Cl)cn1. The Balaban J connectivity index is 1.73. The van der Waals surface area contributed by atoms with Crippen LogP contribution >= 0.6 is 23.2 Å². The molecule has 0 radical (unpaired) electrons. The van der Waals surface area contributed by atoms with Crippen LogP contribution in [0.1, 0.15) is 22.8 Å². The molecule has 5 heteroatoms. The normalized spacial score (nSPS) is 18.7. The first-order chi connectivity index (χ1) is 10.2. The van der Waals surface area contributed by atoms with Gasteiger partial charge in [0, 0.05) is 19.3 Å². The summed E-state index contributed by atoms with van der Waals surface area (Å²) in [4.78, 5) is 3.97. The molecule has 0 unspecified atom stereocenters. The Bertz CT molecular complexity index is 610. The van der Waals surface area contributed by atoms with Crippen LogP contribution in [0.4, 0.5) is 0 Å².